The molecule has 2 nitrogen and oxygen atoms in total. The first-order valence-corrected chi connectivity index (χ1v) is 5.51. The van der Waals surface area contributed by atoms with Gasteiger partial charge in [-0.3, -0.25) is 0 Å². The Hall–Kier alpha value is -0.410. The van der Waals surface area contributed by atoms with Gasteiger partial charge in [0.25, 0.3) is 0 Å². The van der Waals surface area contributed by atoms with Crippen LogP contribution in [0.5, 0.6) is 0 Å². The lowest BCUT2D eigenvalue weighted by Gasteiger charge is -2.14. The molecule has 0 bridgehead atoms. The van der Waals surface area contributed by atoms with Crippen LogP contribution in [0.1, 0.15) is 37.1 Å². The number of thiazole rings is 1. The van der Waals surface area contributed by atoms with E-state index in [-0.39, 0.29) is 5.41 Å². The number of nitrogens with two attached hydrogens (primary N) is 1. The van der Waals surface area contributed by atoms with Crippen LogP contribution in [0, 0.1) is 0 Å². The largest absolute Gasteiger partial charge is 0.330 e. The zero-order valence-corrected chi connectivity index (χ0v) is 9.45. The molecule has 1 aromatic rings. The minimum absolute atomic E-state index is 0.235. The fraction of sp³-hybridized carbons (Fsp3) is 0.700. The maximum atomic E-state index is 5.45. The minimum atomic E-state index is 0.235. The summed E-state index contributed by atoms with van der Waals surface area (Å²) < 4.78 is 0. The molecule has 1 aromatic heterocycles. The molecule has 3 heteroatoms. The molecule has 2 N–H and O–H groups in total. The summed E-state index contributed by atoms with van der Waals surface area (Å²) in [4.78, 5) is 5.74. The second-order valence-corrected chi connectivity index (χ2v) is 5.38. The van der Waals surface area contributed by atoms with Gasteiger partial charge in [0, 0.05) is 17.5 Å². The van der Waals surface area contributed by atoms with E-state index < -0.39 is 0 Å². The Bertz CT molecular complexity index is 260. The summed E-state index contributed by atoms with van der Waals surface area (Å²) in [5.41, 5.74) is 5.68. The Morgan fingerprint density at radius 2 is 2.15 bits per heavy atom. The molecule has 0 aliphatic carbocycles. The Morgan fingerprint density at radius 1 is 1.46 bits per heavy atom. The quantitative estimate of drug-likeness (QED) is 0.809. The average molecular weight is 198 g/mol. The van der Waals surface area contributed by atoms with Crippen molar-refractivity contribution in [1.29, 1.82) is 0 Å². The predicted octanol–water partition coefficient (Wildman–Crippen LogP) is 2.33. The summed E-state index contributed by atoms with van der Waals surface area (Å²) in [5.74, 6) is 0. The molecular weight excluding hydrogens is 180 g/mol. The first-order chi connectivity index (χ1) is 6.04. The van der Waals surface area contributed by atoms with Crippen molar-refractivity contribution in [2.75, 3.05) is 6.54 Å². The van der Waals surface area contributed by atoms with Gasteiger partial charge >= 0.3 is 0 Å². The molecule has 0 radical (unpaired) electrons. The molecule has 0 unspecified atom stereocenters. The third-order valence-electron chi connectivity index (χ3n) is 1.89. The third-order valence-corrected chi connectivity index (χ3v) is 3.37. The molecule has 0 fully saturated rings. The van der Waals surface area contributed by atoms with E-state index in [1.807, 2.05) is 17.5 Å². The maximum Gasteiger partial charge on any atom is 0.0928 e. The topological polar surface area (TPSA) is 38.9 Å². The molecule has 0 spiro atoms. The van der Waals surface area contributed by atoms with Crippen molar-refractivity contribution in [2.45, 2.75) is 39.0 Å². The highest BCUT2D eigenvalue weighted by molar-refractivity contribution is 7.11. The Morgan fingerprint density at radius 3 is 2.62 bits per heavy atom. The Balaban J connectivity index is 2.64. The van der Waals surface area contributed by atoms with Gasteiger partial charge in [-0.2, -0.15) is 0 Å². The van der Waals surface area contributed by atoms with Gasteiger partial charge in [0.15, 0.2) is 0 Å². The van der Waals surface area contributed by atoms with Crippen LogP contribution in [0.15, 0.2) is 6.20 Å². The minimum Gasteiger partial charge on any atom is -0.330 e. The van der Waals surface area contributed by atoms with Crippen LogP contribution < -0.4 is 5.73 Å². The summed E-state index contributed by atoms with van der Waals surface area (Å²) in [6.45, 7) is 7.40. The molecule has 1 heterocycles. The lowest BCUT2D eigenvalue weighted by atomic mass is 9.96. The van der Waals surface area contributed by atoms with E-state index in [2.05, 4.69) is 25.8 Å². The highest BCUT2D eigenvalue weighted by atomic mass is 32.1. The van der Waals surface area contributed by atoms with E-state index >= 15 is 0 Å². The van der Waals surface area contributed by atoms with E-state index in [4.69, 9.17) is 5.73 Å². The number of nitrogens with zero attached hydrogens (tertiary/aromatic N) is 1. The van der Waals surface area contributed by atoms with Crippen molar-refractivity contribution in [1.82, 2.24) is 4.98 Å². The van der Waals surface area contributed by atoms with Gasteiger partial charge in [0.05, 0.1) is 5.01 Å². The molecule has 1 rings (SSSR count). The summed E-state index contributed by atoms with van der Waals surface area (Å²) >= 11 is 1.81. The van der Waals surface area contributed by atoms with Crippen LogP contribution in [0.3, 0.4) is 0 Å². The lowest BCUT2D eigenvalue weighted by molar-refractivity contribution is 0.602. The Labute approximate surface area is 84.2 Å². The zero-order chi connectivity index (χ0) is 9.90. The van der Waals surface area contributed by atoms with E-state index in [1.54, 1.807) is 0 Å². The SMILES string of the molecule is CC(C)(C)c1cnc(CCCN)s1. The summed E-state index contributed by atoms with van der Waals surface area (Å²) in [6, 6.07) is 0. The molecule has 0 saturated carbocycles. The van der Waals surface area contributed by atoms with Crippen molar-refractivity contribution < 1.29 is 0 Å². The molecular formula is C10H18N2S. The highest BCUT2D eigenvalue weighted by Gasteiger charge is 2.16. The van der Waals surface area contributed by atoms with Gasteiger partial charge in [-0.05, 0) is 18.4 Å². The van der Waals surface area contributed by atoms with Gasteiger partial charge in [0.2, 0.25) is 0 Å². The van der Waals surface area contributed by atoms with E-state index in [9.17, 15) is 0 Å². The van der Waals surface area contributed by atoms with Crippen LogP contribution >= 0.6 is 11.3 Å². The molecule has 13 heavy (non-hydrogen) atoms. The molecule has 0 aliphatic heterocycles. The van der Waals surface area contributed by atoms with E-state index in [0.29, 0.717) is 0 Å². The second-order valence-electron chi connectivity index (χ2n) is 4.26. The van der Waals surface area contributed by atoms with Crippen LogP contribution in [0.2, 0.25) is 0 Å². The molecule has 0 saturated heterocycles. The van der Waals surface area contributed by atoms with Gasteiger partial charge < -0.3 is 5.73 Å². The number of hydrogen-bond donors (Lipinski definition) is 1. The summed E-state index contributed by atoms with van der Waals surface area (Å²) in [7, 11) is 0. The van der Waals surface area contributed by atoms with E-state index in [0.717, 1.165) is 19.4 Å². The lowest BCUT2D eigenvalue weighted by Crippen LogP contribution is -2.07. The number of hydrogen-bond acceptors (Lipinski definition) is 3. The maximum absolute atomic E-state index is 5.45. The van der Waals surface area contributed by atoms with Gasteiger partial charge in [-0.25, -0.2) is 4.98 Å². The zero-order valence-electron chi connectivity index (χ0n) is 8.63. The predicted molar refractivity (Wildman–Crippen MR) is 58.2 cm³/mol. The fourth-order valence-electron chi connectivity index (χ4n) is 1.03. The molecule has 0 atom stereocenters. The number of aryl methyl sites for hydroxylation is 1. The van der Waals surface area contributed by atoms with Gasteiger partial charge in [-0.15, -0.1) is 11.3 Å². The third kappa shape index (κ3) is 3.08. The first-order valence-electron chi connectivity index (χ1n) is 4.69. The molecule has 0 aromatic carbocycles. The molecule has 0 amide bonds. The second kappa shape index (κ2) is 4.20. The normalized spacial score (nSPS) is 12.0. The van der Waals surface area contributed by atoms with Crippen molar-refractivity contribution in [2.24, 2.45) is 5.73 Å². The van der Waals surface area contributed by atoms with Gasteiger partial charge in [-0.1, -0.05) is 20.8 Å². The van der Waals surface area contributed by atoms with Crippen molar-refractivity contribution in [3.63, 3.8) is 0 Å². The number of rotatable bonds is 3. The smallest absolute Gasteiger partial charge is 0.0928 e. The van der Waals surface area contributed by atoms with Crippen molar-refractivity contribution in [3.05, 3.63) is 16.1 Å². The summed E-state index contributed by atoms with van der Waals surface area (Å²) in [6.07, 6.45) is 4.06. The van der Waals surface area contributed by atoms with E-state index in [1.165, 1.54) is 9.88 Å². The van der Waals surface area contributed by atoms with Crippen LogP contribution in [-0.4, -0.2) is 11.5 Å². The molecule has 74 valence electrons. The van der Waals surface area contributed by atoms with Gasteiger partial charge in [0.1, 0.15) is 0 Å². The Kier molecular flexibility index (Phi) is 3.45. The summed E-state index contributed by atoms with van der Waals surface area (Å²) in [5, 5.41) is 1.22. The van der Waals surface area contributed by atoms with Crippen LogP contribution in [-0.2, 0) is 11.8 Å². The molecule has 0 aliphatic rings. The highest BCUT2D eigenvalue weighted by Crippen LogP contribution is 2.27. The number of aromatic nitrogens is 1. The first kappa shape index (κ1) is 10.7. The fourth-order valence-corrected chi connectivity index (χ4v) is 2.04. The monoisotopic (exact) mass is 198 g/mol. The average Bonchev–Trinajstić information content (AvgIpc) is 2.47. The standard InChI is InChI=1S/C10H18N2S/c1-10(2,3)8-7-12-9(13-8)5-4-6-11/h7H,4-6,11H2,1-3H3. The van der Waals surface area contributed by atoms with Crippen LogP contribution in [0.25, 0.3) is 0 Å². The van der Waals surface area contributed by atoms with Crippen molar-refractivity contribution >= 4 is 11.3 Å². The van der Waals surface area contributed by atoms with Crippen molar-refractivity contribution in [3.8, 4) is 0 Å². The van der Waals surface area contributed by atoms with Crippen LogP contribution in [0.4, 0.5) is 0 Å².